The SMILES string of the molecule is O=C1Nc2c(Cl)cc(Cl)cc2C1=N/N=C\c1ccccc1O. The number of hydrogen-bond donors (Lipinski definition) is 2. The Bertz CT molecular complexity index is 832. The van der Waals surface area contributed by atoms with Crippen LogP contribution in [-0.2, 0) is 4.79 Å². The van der Waals surface area contributed by atoms with Crippen LogP contribution in [0.3, 0.4) is 0 Å². The highest BCUT2D eigenvalue weighted by Crippen LogP contribution is 2.34. The number of carbonyl (C=O) groups excluding carboxylic acids is 1. The molecule has 0 spiro atoms. The van der Waals surface area contributed by atoms with Crippen LogP contribution in [0.4, 0.5) is 5.69 Å². The van der Waals surface area contributed by atoms with E-state index in [2.05, 4.69) is 15.5 Å². The van der Waals surface area contributed by atoms with Gasteiger partial charge >= 0.3 is 0 Å². The van der Waals surface area contributed by atoms with Crippen molar-refractivity contribution in [1.29, 1.82) is 0 Å². The van der Waals surface area contributed by atoms with Gasteiger partial charge in [-0.3, -0.25) is 4.79 Å². The Labute approximate surface area is 135 Å². The largest absolute Gasteiger partial charge is 0.507 e. The Morgan fingerprint density at radius 1 is 1.18 bits per heavy atom. The molecule has 2 N–H and O–H groups in total. The molecule has 0 saturated carbocycles. The van der Waals surface area contributed by atoms with Gasteiger partial charge in [0.25, 0.3) is 5.91 Å². The van der Waals surface area contributed by atoms with Crippen LogP contribution in [0.5, 0.6) is 5.75 Å². The van der Waals surface area contributed by atoms with Crippen LogP contribution in [0.2, 0.25) is 10.0 Å². The second kappa shape index (κ2) is 5.79. The van der Waals surface area contributed by atoms with Crippen molar-refractivity contribution in [3.8, 4) is 5.75 Å². The lowest BCUT2D eigenvalue weighted by molar-refractivity contribution is -0.110. The van der Waals surface area contributed by atoms with Crippen LogP contribution in [0.15, 0.2) is 46.6 Å². The minimum atomic E-state index is -0.409. The third-order valence-corrected chi connectivity index (χ3v) is 3.57. The minimum Gasteiger partial charge on any atom is -0.507 e. The molecule has 2 aromatic rings. The number of halogens is 2. The van der Waals surface area contributed by atoms with Crippen molar-refractivity contribution in [3.63, 3.8) is 0 Å². The first kappa shape index (κ1) is 14.6. The van der Waals surface area contributed by atoms with E-state index < -0.39 is 5.91 Å². The predicted octanol–water partition coefficient (Wildman–Crippen LogP) is 3.47. The summed E-state index contributed by atoms with van der Waals surface area (Å²) in [5.41, 5.74) is 1.57. The Kier molecular flexibility index (Phi) is 3.83. The first-order valence-electron chi connectivity index (χ1n) is 6.26. The number of amides is 1. The van der Waals surface area contributed by atoms with E-state index >= 15 is 0 Å². The fourth-order valence-electron chi connectivity index (χ4n) is 2.03. The van der Waals surface area contributed by atoms with Crippen LogP contribution in [0, 0.1) is 0 Å². The van der Waals surface area contributed by atoms with E-state index in [4.69, 9.17) is 23.2 Å². The van der Waals surface area contributed by atoms with Gasteiger partial charge in [0.05, 0.1) is 16.9 Å². The van der Waals surface area contributed by atoms with Crippen molar-refractivity contribution < 1.29 is 9.90 Å². The number of rotatable bonds is 2. The molecule has 0 fully saturated rings. The topological polar surface area (TPSA) is 74.0 Å². The summed E-state index contributed by atoms with van der Waals surface area (Å²) in [5, 5.41) is 20.7. The molecule has 0 radical (unpaired) electrons. The minimum absolute atomic E-state index is 0.0776. The van der Waals surface area contributed by atoms with Crippen LogP contribution in [-0.4, -0.2) is 22.9 Å². The summed E-state index contributed by atoms with van der Waals surface area (Å²) < 4.78 is 0. The van der Waals surface area contributed by atoms with E-state index in [-0.39, 0.29) is 11.5 Å². The molecular weight excluding hydrogens is 325 g/mol. The summed E-state index contributed by atoms with van der Waals surface area (Å²) >= 11 is 12.0. The number of phenolic OH excluding ortho intramolecular Hbond substituents is 1. The van der Waals surface area contributed by atoms with Crippen LogP contribution in [0.1, 0.15) is 11.1 Å². The Balaban J connectivity index is 1.97. The molecule has 1 heterocycles. The smallest absolute Gasteiger partial charge is 0.276 e. The zero-order valence-electron chi connectivity index (χ0n) is 11.0. The van der Waals surface area contributed by atoms with Gasteiger partial charge in [0.1, 0.15) is 5.75 Å². The molecule has 7 heteroatoms. The summed E-state index contributed by atoms with van der Waals surface area (Å²) in [7, 11) is 0. The number of carbonyl (C=O) groups is 1. The number of anilines is 1. The highest BCUT2D eigenvalue weighted by Gasteiger charge is 2.28. The first-order chi connectivity index (χ1) is 10.6. The number of para-hydroxylation sites is 1. The van der Waals surface area contributed by atoms with Crippen molar-refractivity contribution in [2.24, 2.45) is 10.2 Å². The third-order valence-electron chi connectivity index (χ3n) is 3.06. The Morgan fingerprint density at radius 2 is 1.95 bits per heavy atom. The molecule has 22 heavy (non-hydrogen) atoms. The number of benzene rings is 2. The lowest BCUT2D eigenvalue weighted by Gasteiger charge is -2.01. The second-order valence-electron chi connectivity index (χ2n) is 4.52. The molecule has 2 aromatic carbocycles. The van der Waals surface area contributed by atoms with Gasteiger partial charge in [0, 0.05) is 16.1 Å². The molecule has 110 valence electrons. The zero-order chi connectivity index (χ0) is 15.7. The molecule has 1 aliphatic heterocycles. The van der Waals surface area contributed by atoms with Crippen molar-refractivity contribution >= 4 is 46.7 Å². The van der Waals surface area contributed by atoms with Crippen molar-refractivity contribution in [3.05, 3.63) is 57.6 Å². The molecule has 0 aliphatic carbocycles. The number of phenols is 1. The van der Waals surface area contributed by atoms with Gasteiger partial charge in [-0.1, -0.05) is 35.3 Å². The van der Waals surface area contributed by atoms with E-state index in [9.17, 15) is 9.90 Å². The monoisotopic (exact) mass is 333 g/mol. The van der Waals surface area contributed by atoms with Gasteiger partial charge in [0.2, 0.25) is 0 Å². The second-order valence-corrected chi connectivity index (χ2v) is 5.36. The Hall–Kier alpha value is -2.37. The molecule has 5 nitrogen and oxygen atoms in total. The standard InChI is InChI=1S/C15H9Cl2N3O2/c16-9-5-10-13(11(17)6-9)19-15(22)14(10)20-18-7-8-3-1-2-4-12(8)21/h1-7,21H,(H,19,20,22)/b18-7-. The van der Waals surface area contributed by atoms with E-state index in [1.54, 1.807) is 24.3 Å². The average Bonchev–Trinajstić information content (AvgIpc) is 2.78. The van der Waals surface area contributed by atoms with Crippen LogP contribution in [0.25, 0.3) is 0 Å². The number of aromatic hydroxyl groups is 1. The maximum absolute atomic E-state index is 11.9. The van der Waals surface area contributed by atoms with Gasteiger partial charge in [-0.05, 0) is 24.3 Å². The fourth-order valence-corrected chi connectivity index (χ4v) is 2.57. The summed E-state index contributed by atoms with van der Waals surface area (Å²) in [5.74, 6) is -0.331. The molecule has 0 saturated heterocycles. The molecular formula is C15H9Cl2N3O2. The van der Waals surface area contributed by atoms with E-state index in [0.717, 1.165) is 0 Å². The number of fused-ring (bicyclic) bond motifs is 1. The lowest BCUT2D eigenvalue weighted by Crippen LogP contribution is -2.13. The van der Waals surface area contributed by atoms with Crippen molar-refractivity contribution in [2.75, 3.05) is 5.32 Å². The normalized spacial score (nSPS) is 15.4. The molecule has 0 aromatic heterocycles. The third kappa shape index (κ3) is 2.68. The highest BCUT2D eigenvalue weighted by atomic mass is 35.5. The summed E-state index contributed by atoms with van der Waals surface area (Å²) in [6.45, 7) is 0. The summed E-state index contributed by atoms with van der Waals surface area (Å²) in [4.78, 5) is 11.9. The molecule has 3 rings (SSSR count). The fraction of sp³-hybridized carbons (Fsp3) is 0. The van der Waals surface area contributed by atoms with E-state index in [0.29, 0.717) is 26.9 Å². The van der Waals surface area contributed by atoms with Crippen molar-refractivity contribution in [1.82, 2.24) is 0 Å². The maximum atomic E-state index is 11.9. The molecule has 1 amide bonds. The molecule has 0 bridgehead atoms. The van der Waals surface area contributed by atoms with Crippen LogP contribution < -0.4 is 5.32 Å². The number of nitrogens with one attached hydrogen (secondary N) is 1. The molecule has 0 unspecified atom stereocenters. The van der Waals surface area contributed by atoms with E-state index in [1.807, 2.05) is 0 Å². The van der Waals surface area contributed by atoms with Gasteiger partial charge in [0.15, 0.2) is 5.71 Å². The van der Waals surface area contributed by atoms with Crippen molar-refractivity contribution in [2.45, 2.75) is 0 Å². The van der Waals surface area contributed by atoms with Gasteiger partial charge in [-0.15, -0.1) is 5.10 Å². The zero-order valence-corrected chi connectivity index (χ0v) is 12.6. The van der Waals surface area contributed by atoms with Crippen LogP contribution >= 0.6 is 23.2 Å². The summed E-state index contributed by atoms with van der Waals surface area (Å²) in [6, 6.07) is 9.79. The average molecular weight is 334 g/mol. The lowest BCUT2D eigenvalue weighted by atomic mass is 10.1. The predicted molar refractivity (Wildman–Crippen MR) is 87.3 cm³/mol. The molecule has 0 atom stereocenters. The number of hydrogen-bond acceptors (Lipinski definition) is 4. The van der Waals surface area contributed by atoms with E-state index in [1.165, 1.54) is 18.3 Å². The first-order valence-corrected chi connectivity index (χ1v) is 7.01. The molecule has 1 aliphatic rings. The quantitative estimate of drug-likeness (QED) is 0.652. The number of nitrogens with zero attached hydrogens (tertiary/aromatic N) is 2. The van der Waals surface area contributed by atoms with Gasteiger partial charge in [-0.2, -0.15) is 5.10 Å². The highest BCUT2D eigenvalue weighted by molar-refractivity contribution is 6.56. The Morgan fingerprint density at radius 3 is 2.73 bits per heavy atom. The van der Waals surface area contributed by atoms with Gasteiger partial charge in [-0.25, -0.2) is 0 Å². The maximum Gasteiger partial charge on any atom is 0.276 e. The van der Waals surface area contributed by atoms with Gasteiger partial charge < -0.3 is 10.4 Å². The summed E-state index contributed by atoms with van der Waals surface area (Å²) in [6.07, 6.45) is 1.36.